The SMILES string of the molecule is COC(=O)CCN(CCC(=O)OC)c1cc(C)ccc1OC. The van der Waals surface area contributed by atoms with Crippen LogP contribution in [0.25, 0.3) is 0 Å². The van der Waals surface area contributed by atoms with Gasteiger partial charge in [-0.15, -0.1) is 0 Å². The Hall–Kier alpha value is -2.24. The molecule has 0 bridgehead atoms. The van der Waals surface area contributed by atoms with Crippen molar-refractivity contribution in [1.29, 1.82) is 0 Å². The molecule has 22 heavy (non-hydrogen) atoms. The van der Waals surface area contributed by atoms with Crippen LogP contribution in [0.2, 0.25) is 0 Å². The van der Waals surface area contributed by atoms with Crippen molar-refractivity contribution in [3.05, 3.63) is 23.8 Å². The lowest BCUT2D eigenvalue weighted by molar-refractivity contribution is -0.140. The molecule has 6 heteroatoms. The van der Waals surface area contributed by atoms with E-state index in [9.17, 15) is 9.59 Å². The topological polar surface area (TPSA) is 65.1 Å². The van der Waals surface area contributed by atoms with Gasteiger partial charge in [0, 0.05) is 13.1 Å². The molecule has 0 spiro atoms. The Kier molecular flexibility index (Phi) is 7.22. The van der Waals surface area contributed by atoms with E-state index < -0.39 is 0 Å². The molecule has 1 aromatic carbocycles. The van der Waals surface area contributed by atoms with E-state index in [1.807, 2.05) is 30.0 Å². The minimum atomic E-state index is -0.297. The van der Waals surface area contributed by atoms with Gasteiger partial charge in [0.1, 0.15) is 5.75 Å². The predicted molar refractivity (Wildman–Crippen MR) is 83.2 cm³/mol. The fraction of sp³-hybridized carbons (Fsp3) is 0.500. The number of anilines is 1. The van der Waals surface area contributed by atoms with Gasteiger partial charge >= 0.3 is 11.9 Å². The van der Waals surface area contributed by atoms with E-state index in [-0.39, 0.29) is 24.8 Å². The summed E-state index contributed by atoms with van der Waals surface area (Å²) in [7, 11) is 4.30. The smallest absolute Gasteiger partial charge is 0.307 e. The molecule has 0 amide bonds. The van der Waals surface area contributed by atoms with Crippen molar-refractivity contribution in [2.45, 2.75) is 19.8 Å². The Bertz CT molecular complexity index is 495. The summed E-state index contributed by atoms with van der Waals surface area (Å²) >= 11 is 0. The number of hydrogen-bond acceptors (Lipinski definition) is 6. The molecular weight excluding hydrogens is 286 g/mol. The zero-order valence-corrected chi connectivity index (χ0v) is 13.5. The summed E-state index contributed by atoms with van der Waals surface area (Å²) in [5, 5.41) is 0. The molecule has 0 radical (unpaired) electrons. The van der Waals surface area contributed by atoms with Crippen LogP contribution in [0.1, 0.15) is 18.4 Å². The number of methoxy groups -OCH3 is 3. The van der Waals surface area contributed by atoms with Gasteiger partial charge in [0.15, 0.2) is 0 Å². The molecule has 0 aliphatic heterocycles. The first kappa shape index (κ1) is 17.8. The summed E-state index contributed by atoms with van der Waals surface area (Å²) in [6, 6.07) is 5.78. The minimum Gasteiger partial charge on any atom is -0.495 e. The zero-order chi connectivity index (χ0) is 16.5. The Morgan fingerprint density at radius 1 is 1.00 bits per heavy atom. The minimum absolute atomic E-state index is 0.231. The van der Waals surface area contributed by atoms with Gasteiger partial charge in [-0.3, -0.25) is 9.59 Å². The van der Waals surface area contributed by atoms with Gasteiger partial charge in [-0.1, -0.05) is 6.07 Å². The Morgan fingerprint density at radius 3 is 2.00 bits per heavy atom. The van der Waals surface area contributed by atoms with Crippen LogP contribution in [0.5, 0.6) is 5.75 Å². The first-order chi connectivity index (χ1) is 10.5. The van der Waals surface area contributed by atoms with Crippen molar-refractivity contribution in [3.8, 4) is 5.75 Å². The van der Waals surface area contributed by atoms with Crippen molar-refractivity contribution in [1.82, 2.24) is 0 Å². The van der Waals surface area contributed by atoms with Crippen molar-refractivity contribution in [2.24, 2.45) is 0 Å². The van der Waals surface area contributed by atoms with E-state index >= 15 is 0 Å². The van der Waals surface area contributed by atoms with Crippen LogP contribution in [-0.2, 0) is 19.1 Å². The molecule has 122 valence electrons. The summed E-state index contributed by atoms with van der Waals surface area (Å²) in [6.07, 6.45) is 0.462. The number of rotatable bonds is 8. The summed E-state index contributed by atoms with van der Waals surface area (Å²) in [4.78, 5) is 24.7. The summed E-state index contributed by atoms with van der Waals surface area (Å²) in [5.74, 6) is 0.102. The van der Waals surface area contributed by atoms with E-state index in [2.05, 4.69) is 9.47 Å². The largest absolute Gasteiger partial charge is 0.495 e. The number of carbonyl (C=O) groups excluding carboxylic acids is 2. The van der Waals surface area contributed by atoms with Gasteiger partial charge in [-0.05, 0) is 24.6 Å². The lowest BCUT2D eigenvalue weighted by Crippen LogP contribution is -2.29. The van der Waals surface area contributed by atoms with Crippen molar-refractivity contribution in [2.75, 3.05) is 39.3 Å². The third-order valence-electron chi connectivity index (χ3n) is 3.30. The molecule has 0 heterocycles. The number of aryl methyl sites for hydroxylation is 1. The van der Waals surface area contributed by atoms with Crippen LogP contribution in [0.3, 0.4) is 0 Å². The average Bonchev–Trinajstić information content (AvgIpc) is 2.54. The van der Waals surface area contributed by atoms with Gasteiger partial charge in [0.25, 0.3) is 0 Å². The zero-order valence-electron chi connectivity index (χ0n) is 13.5. The predicted octanol–water partition coefficient (Wildman–Crippen LogP) is 1.94. The number of esters is 2. The highest BCUT2D eigenvalue weighted by atomic mass is 16.5. The van der Waals surface area contributed by atoms with Crippen LogP contribution >= 0.6 is 0 Å². The quantitative estimate of drug-likeness (QED) is 0.684. The Labute approximate surface area is 131 Å². The maximum absolute atomic E-state index is 11.4. The van der Waals surface area contributed by atoms with E-state index in [1.54, 1.807) is 7.11 Å². The van der Waals surface area contributed by atoms with E-state index in [0.29, 0.717) is 18.8 Å². The van der Waals surface area contributed by atoms with E-state index in [1.165, 1.54) is 14.2 Å². The molecule has 0 N–H and O–H groups in total. The number of benzene rings is 1. The molecule has 0 aliphatic rings. The van der Waals surface area contributed by atoms with Crippen LogP contribution in [-0.4, -0.2) is 46.4 Å². The standard InChI is InChI=1S/C16H23NO5/c1-12-5-6-14(20-2)13(11-12)17(9-7-15(18)21-3)10-8-16(19)22-4/h5-6,11H,7-10H2,1-4H3. The lowest BCUT2D eigenvalue weighted by Gasteiger charge is -2.26. The molecule has 0 fully saturated rings. The molecule has 0 unspecified atom stereocenters. The molecule has 6 nitrogen and oxygen atoms in total. The monoisotopic (exact) mass is 309 g/mol. The Balaban J connectivity index is 2.94. The average molecular weight is 309 g/mol. The van der Waals surface area contributed by atoms with Gasteiger partial charge < -0.3 is 19.1 Å². The summed E-state index contributed by atoms with van der Waals surface area (Å²) in [5.41, 5.74) is 1.91. The van der Waals surface area contributed by atoms with Gasteiger partial charge in [0.2, 0.25) is 0 Å². The number of ether oxygens (including phenoxy) is 3. The first-order valence-corrected chi connectivity index (χ1v) is 7.05. The molecule has 0 atom stereocenters. The molecule has 1 aromatic rings. The van der Waals surface area contributed by atoms with E-state index in [0.717, 1.165) is 11.3 Å². The fourth-order valence-electron chi connectivity index (χ4n) is 2.06. The third kappa shape index (κ3) is 5.27. The van der Waals surface area contributed by atoms with Crippen LogP contribution in [0.4, 0.5) is 5.69 Å². The van der Waals surface area contributed by atoms with E-state index in [4.69, 9.17) is 4.74 Å². The van der Waals surface area contributed by atoms with Crippen LogP contribution in [0, 0.1) is 6.92 Å². The highest BCUT2D eigenvalue weighted by Gasteiger charge is 2.16. The molecule has 0 aromatic heterocycles. The maximum atomic E-state index is 11.4. The van der Waals surface area contributed by atoms with Crippen molar-refractivity contribution < 1.29 is 23.8 Å². The van der Waals surface area contributed by atoms with Crippen molar-refractivity contribution >= 4 is 17.6 Å². The molecular formula is C16H23NO5. The Morgan fingerprint density at radius 2 is 1.55 bits per heavy atom. The van der Waals surface area contributed by atoms with Gasteiger partial charge in [-0.2, -0.15) is 0 Å². The van der Waals surface area contributed by atoms with Gasteiger partial charge in [-0.25, -0.2) is 0 Å². The summed E-state index contributed by atoms with van der Waals surface area (Å²) in [6.45, 7) is 2.84. The highest BCUT2D eigenvalue weighted by molar-refractivity contribution is 5.72. The fourth-order valence-corrected chi connectivity index (χ4v) is 2.06. The number of nitrogens with zero attached hydrogens (tertiary/aromatic N) is 1. The second-order valence-electron chi connectivity index (χ2n) is 4.81. The second-order valence-corrected chi connectivity index (χ2v) is 4.81. The third-order valence-corrected chi connectivity index (χ3v) is 3.30. The van der Waals surface area contributed by atoms with Gasteiger partial charge in [0.05, 0.1) is 39.9 Å². The molecule has 0 saturated carbocycles. The van der Waals surface area contributed by atoms with Crippen molar-refractivity contribution in [3.63, 3.8) is 0 Å². The normalized spacial score (nSPS) is 10.0. The van der Waals surface area contributed by atoms with Crippen LogP contribution < -0.4 is 9.64 Å². The first-order valence-electron chi connectivity index (χ1n) is 7.05. The number of carbonyl (C=O) groups is 2. The molecule has 0 aliphatic carbocycles. The van der Waals surface area contributed by atoms with Crippen LogP contribution in [0.15, 0.2) is 18.2 Å². The second kappa shape index (κ2) is 8.92. The molecule has 0 saturated heterocycles. The summed E-state index contributed by atoms with van der Waals surface area (Å²) < 4.78 is 14.7. The highest BCUT2D eigenvalue weighted by Crippen LogP contribution is 2.29. The maximum Gasteiger partial charge on any atom is 0.307 e. The lowest BCUT2D eigenvalue weighted by atomic mass is 10.1. The number of hydrogen-bond donors (Lipinski definition) is 0. The molecule has 1 rings (SSSR count).